The van der Waals surface area contributed by atoms with Crippen molar-refractivity contribution in [3.8, 4) is 0 Å². The van der Waals surface area contributed by atoms with Gasteiger partial charge in [-0.2, -0.15) is 0 Å². The van der Waals surface area contributed by atoms with Gasteiger partial charge in [-0.15, -0.1) is 0 Å². The van der Waals surface area contributed by atoms with Gasteiger partial charge < -0.3 is 10.6 Å². The molecule has 0 radical (unpaired) electrons. The summed E-state index contributed by atoms with van der Waals surface area (Å²) in [6.07, 6.45) is 4.85. The van der Waals surface area contributed by atoms with Crippen LogP contribution in [0.5, 0.6) is 0 Å². The summed E-state index contributed by atoms with van der Waals surface area (Å²) in [5, 5.41) is 6.31. The van der Waals surface area contributed by atoms with Crippen LogP contribution < -0.4 is 10.6 Å². The molecule has 1 heterocycles. The summed E-state index contributed by atoms with van der Waals surface area (Å²) in [4.78, 5) is 14.7. The van der Waals surface area contributed by atoms with Gasteiger partial charge >= 0.3 is 0 Å². The molecule has 2 atom stereocenters. The average molecular weight is 269 g/mol. The molecular weight excluding hydrogens is 238 g/mol. The quantitative estimate of drug-likeness (QED) is 0.799. The first-order valence-corrected chi connectivity index (χ1v) is 7.57. The zero-order valence-electron chi connectivity index (χ0n) is 13.3. The minimum atomic E-state index is -0.151. The zero-order chi connectivity index (χ0) is 14.5. The van der Waals surface area contributed by atoms with E-state index in [0.717, 1.165) is 19.5 Å². The molecule has 0 aromatic carbocycles. The molecule has 112 valence electrons. The second-order valence-corrected chi connectivity index (χ2v) is 6.69. The summed E-state index contributed by atoms with van der Waals surface area (Å²) < 4.78 is 0. The fraction of sp³-hybridized carbons (Fsp3) is 0.933. The van der Waals surface area contributed by atoms with E-state index in [1.165, 1.54) is 19.3 Å². The predicted molar refractivity (Wildman–Crippen MR) is 80.2 cm³/mol. The maximum Gasteiger partial charge on any atom is 0.237 e. The fourth-order valence-electron chi connectivity index (χ4n) is 2.78. The van der Waals surface area contributed by atoms with Crippen LogP contribution in [-0.4, -0.2) is 48.6 Å². The molecule has 1 aliphatic rings. The van der Waals surface area contributed by atoms with Gasteiger partial charge in [0.15, 0.2) is 0 Å². The predicted octanol–water partition coefficient (Wildman–Crippen LogP) is 1.75. The Balaban J connectivity index is 2.60. The van der Waals surface area contributed by atoms with Crippen molar-refractivity contribution in [2.24, 2.45) is 0 Å². The van der Waals surface area contributed by atoms with E-state index < -0.39 is 0 Å². The SMILES string of the molecule is CNCCC1CCCCN1C(C)C(=O)NC(C)(C)C. The highest BCUT2D eigenvalue weighted by Crippen LogP contribution is 2.22. The Labute approximate surface area is 118 Å². The molecule has 2 unspecified atom stereocenters. The first-order chi connectivity index (χ1) is 8.85. The van der Waals surface area contributed by atoms with Crippen LogP contribution in [-0.2, 0) is 4.79 Å². The van der Waals surface area contributed by atoms with Crippen molar-refractivity contribution in [3.63, 3.8) is 0 Å². The van der Waals surface area contributed by atoms with E-state index >= 15 is 0 Å². The lowest BCUT2D eigenvalue weighted by Crippen LogP contribution is -2.55. The molecule has 1 aliphatic heterocycles. The van der Waals surface area contributed by atoms with E-state index in [1.54, 1.807) is 0 Å². The first kappa shape index (κ1) is 16.4. The molecule has 1 saturated heterocycles. The molecule has 0 aromatic heterocycles. The molecule has 2 N–H and O–H groups in total. The van der Waals surface area contributed by atoms with Crippen molar-refractivity contribution in [2.75, 3.05) is 20.1 Å². The highest BCUT2D eigenvalue weighted by molar-refractivity contribution is 5.82. The maximum atomic E-state index is 12.3. The van der Waals surface area contributed by atoms with Crippen LogP contribution in [0.1, 0.15) is 53.4 Å². The minimum Gasteiger partial charge on any atom is -0.350 e. The number of carbonyl (C=O) groups is 1. The van der Waals surface area contributed by atoms with Crippen LogP contribution in [0.15, 0.2) is 0 Å². The monoisotopic (exact) mass is 269 g/mol. The number of amides is 1. The topological polar surface area (TPSA) is 44.4 Å². The highest BCUT2D eigenvalue weighted by Gasteiger charge is 2.31. The Bertz CT molecular complexity index is 286. The molecule has 0 bridgehead atoms. The van der Waals surface area contributed by atoms with E-state index in [2.05, 4.69) is 15.5 Å². The number of likely N-dealkylation sites (tertiary alicyclic amines) is 1. The van der Waals surface area contributed by atoms with E-state index in [9.17, 15) is 4.79 Å². The number of carbonyl (C=O) groups excluding carboxylic acids is 1. The smallest absolute Gasteiger partial charge is 0.237 e. The number of hydrogen-bond donors (Lipinski definition) is 2. The number of piperidine rings is 1. The van der Waals surface area contributed by atoms with Crippen LogP contribution in [0.4, 0.5) is 0 Å². The molecule has 1 fully saturated rings. The Hall–Kier alpha value is -0.610. The van der Waals surface area contributed by atoms with Crippen molar-refractivity contribution >= 4 is 5.91 Å². The summed E-state index contributed by atoms with van der Waals surface area (Å²) in [5.74, 6) is 0.156. The summed E-state index contributed by atoms with van der Waals surface area (Å²) in [5.41, 5.74) is -0.151. The van der Waals surface area contributed by atoms with E-state index in [1.807, 2.05) is 34.7 Å². The second kappa shape index (κ2) is 7.25. The first-order valence-electron chi connectivity index (χ1n) is 7.57. The molecule has 4 heteroatoms. The van der Waals surface area contributed by atoms with Gasteiger partial charge in [0.25, 0.3) is 0 Å². The molecular formula is C15H31N3O. The van der Waals surface area contributed by atoms with Crippen molar-refractivity contribution in [1.29, 1.82) is 0 Å². The lowest BCUT2D eigenvalue weighted by Gasteiger charge is -2.40. The van der Waals surface area contributed by atoms with Crippen molar-refractivity contribution in [3.05, 3.63) is 0 Å². The standard InChI is InChI=1S/C15H31N3O/c1-12(14(19)17-15(2,3)4)18-11-7-6-8-13(18)9-10-16-5/h12-13,16H,6-11H2,1-5H3,(H,17,19). The van der Waals surface area contributed by atoms with E-state index in [4.69, 9.17) is 0 Å². The van der Waals surface area contributed by atoms with Gasteiger partial charge in [-0.1, -0.05) is 6.42 Å². The molecule has 0 aromatic rings. The summed E-state index contributed by atoms with van der Waals surface area (Å²) in [6.45, 7) is 10.2. The lowest BCUT2D eigenvalue weighted by atomic mass is 9.97. The van der Waals surface area contributed by atoms with Crippen molar-refractivity contribution in [2.45, 2.75) is 71.0 Å². The van der Waals surface area contributed by atoms with Crippen LogP contribution in [0.25, 0.3) is 0 Å². The molecule has 4 nitrogen and oxygen atoms in total. The van der Waals surface area contributed by atoms with Crippen molar-refractivity contribution in [1.82, 2.24) is 15.5 Å². The minimum absolute atomic E-state index is 0.0265. The second-order valence-electron chi connectivity index (χ2n) is 6.69. The third-order valence-corrected chi connectivity index (χ3v) is 3.78. The van der Waals surface area contributed by atoms with Gasteiger partial charge in [0.05, 0.1) is 6.04 Å². The molecule has 1 rings (SSSR count). The number of nitrogens with one attached hydrogen (secondary N) is 2. The average Bonchev–Trinajstić information content (AvgIpc) is 2.33. The summed E-state index contributed by atoms with van der Waals surface area (Å²) >= 11 is 0. The largest absolute Gasteiger partial charge is 0.350 e. The number of rotatable bonds is 5. The lowest BCUT2D eigenvalue weighted by molar-refractivity contribution is -0.128. The summed E-state index contributed by atoms with van der Waals surface area (Å²) in [7, 11) is 1.99. The Kier molecular flexibility index (Phi) is 6.27. The van der Waals surface area contributed by atoms with Crippen LogP contribution in [0.2, 0.25) is 0 Å². The van der Waals surface area contributed by atoms with Gasteiger partial charge in [-0.05, 0) is 67.1 Å². The van der Waals surface area contributed by atoms with Crippen LogP contribution in [0.3, 0.4) is 0 Å². The third-order valence-electron chi connectivity index (χ3n) is 3.78. The van der Waals surface area contributed by atoms with Gasteiger partial charge in [-0.25, -0.2) is 0 Å². The normalized spacial score (nSPS) is 23.1. The van der Waals surface area contributed by atoms with Gasteiger partial charge in [0, 0.05) is 11.6 Å². The van der Waals surface area contributed by atoms with E-state index in [0.29, 0.717) is 6.04 Å². The molecule has 0 saturated carbocycles. The highest BCUT2D eigenvalue weighted by atomic mass is 16.2. The van der Waals surface area contributed by atoms with Gasteiger partial charge in [-0.3, -0.25) is 9.69 Å². The van der Waals surface area contributed by atoms with Gasteiger partial charge in [0.2, 0.25) is 5.91 Å². The Morgan fingerprint density at radius 1 is 1.37 bits per heavy atom. The van der Waals surface area contributed by atoms with Crippen LogP contribution in [0, 0.1) is 0 Å². The van der Waals surface area contributed by atoms with E-state index in [-0.39, 0.29) is 17.5 Å². The number of nitrogens with zero attached hydrogens (tertiary/aromatic N) is 1. The summed E-state index contributed by atoms with van der Waals surface area (Å²) in [6, 6.07) is 0.517. The number of hydrogen-bond acceptors (Lipinski definition) is 3. The Morgan fingerprint density at radius 3 is 2.63 bits per heavy atom. The fourth-order valence-corrected chi connectivity index (χ4v) is 2.78. The zero-order valence-corrected chi connectivity index (χ0v) is 13.3. The molecule has 0 spiro atoms. The van der Waals surface area contributed by atoms with Crippen LogP contribution >= 0.6 is 0 Å². The molecule has 19 heavy (non-hydrogen) atoms. The maximum absolute atomic E-state index is 12.3. The van der Waals surface area contributed by atoms with Crippen molar-refractivity contribution < 1.29 is 4.79 Å². The molecule has 0 aliphatic carbocycles. The Morgan fingerprint density at radius 2 is 2.05 bits per heavy atom. The molecule has 1 amide bonds. The van der Waals surface area contributed by atoms with Gasteiger partial charge in [0.1, 0.15) is 0 Å². The third kappa shape index (κ3) is 5.49.